The summed E-state index contributed by atoms with van der Waals surface area (Å²) in [6.45, 7) is 3.34. The van der Waals surface area contributed by atoms with E-state index in [2.05, 4.69) is 5.32 Å². The SMILES string of the molecule is CCS(=O)(=O)CC(C)Nc1cc(C(N)=O)ccc1Cl. The zero-order valence-corrected chi connectivity index (χ0v) is 12.4. The van der Waals surface area contributed by atoms with Crippen LogP contribution in [0.5, 0.6) is 0 Å². The second-order valence-electron chi connectivity index (χ2n) is 4.30. The van der Waals surface area contributed by atoms with Gasteiger partial charge in [0.05, 0.1) is 16.5 Å². The Morgan fingerprint density at radius 2 is 2.11 bits per heavy atom. The summed E-state index contributed by atoms with van der Waals surface area (Å²) < 4.78 is 23.0. The van der Waals surface area contributed by atoms with Gasteiger partial charge in [0.1, 0.15) is 0 Å². The highest BCUT2D eigenvalue weighted by Gasteiger charge is 2.15. The number of primary amides is 1. The third-order valence-electron chi connectivity index (χ3n) is 2.60. The van der Waals surface area contributed by atoms with E-state index in [9.17, 15) is 13.2 Å². The third-order valence-corrected chi connectivity index (χ3v) is 4.81. The van der Waals surface area contributed by atoms with Gasteiger partial charge in [-0.25, -0.2) is 8.42 Å². The van der Waals surface area contributed by atoms with Gasteiger partial charge in [-0.15, -0.1) is 0 Å². The molecule has 7 heteroatoms. The normalized spacial score (nSPS) is 13.0. The molecule has 0 radical (unpaired) electrons. The van der Waals surface area contributed by atoms with Gasteiger partial charge in [0, 0.05) is 17.4 Å². The zero-order chi connectivity index (χ0) is 14.6. The first-order valence-electron chi connectivity index (χ1n) is 5.81. The van der Waals surface area contributed by atoms with Gasteiger partial charge >= 0.3 is 0 Å². The Kier molecular flexibility index (Phi) is 5.20. The molecule has 1 unspecified atom stereocenters. The van der Waals surface area contributed by atoms with Crippen molar-refractivity contribution in [3.8, 4) is 0 Å². The topological polar surface area (TPSA) is 89.3 Å². The van der Waals surface area contributed by atoms with Crippen molar-refractivity contribution in [2.24, 2.45) is 5.73 Å². The molecule has 0 fully saturated rings. The van der Waals surface area contributed by atoms with Gasteiger partial charge in [0.2, 0.25) is 5.91 Å². The number of carbonyl (C=O) groups excluding carboxylic acids is 1. The first-order valence-corrected chi connectivity index (χ1v) is 8.01. The second-order valence-corrected chi connectivity index (χ2v) is 7.11. The molecule has 0 spiro atoms. The molecule has 1 amide bonds. The maximum Gasteiger partial charge on any atom is 0.248 e. The predicted octanol–water partition coefficient (Wildman–Crippen LogP) is 1.67. The Morgan fingerprint density at radius 3 is 2.63 bits per heavy atom. The largest absolute Gasteiger partial charge is 0.380 e. The number of halogens is 1. The Bertz CT molecular complexity index is 572. The summed E-state index contributed by atoms with van der Waals surface area (Å²) in [4.78, 5) is 11.1. The Hall–Kier alpha value is -1.27. The molecule has 1 aromatic carbocycles. The highest BCUT2D eigenvalue weighted by atomic mass is 35.5. The van der Waals surface area contributed by atoms with Gasteiger partial charge in [-0.1, -0.05) is 18.5 Å². The lowest BCUT2D eigenvalue weighted by molar-refractivity contribution is 0.100. The van der Waals surface area contributed by atoms with Crippen molar-refractivity contribution in [1.29, 1.82) is 0 Å². The number of amides is 1. The van der Waals surface area contributed by atoms with Crippen LogP contribution in [0.15, 0.2) is 18.2 Å². The third kappa shape index (κ3) is 4.72. The van der Waals surface area contributed by atoms with Crippen molar-refractivity contribution >= 4 is 33.0 Å². The quantitative estimate of drug-likeness (QED) is 0.836. The molecule has 0 saturated heterocycles. The standard InChI is InChI=1S/C12H17ClN2O3S/c1-3-19(17,18)7-8(2)15-11-6-9(12(14)16)4-5-10(11)13/h4-6,8,15H,3,7H2,1-2H3,(H2,14,16). The van der Waals surface area contributed by atoms with Gasteiger partial charge < -0.3 is 11.1 Å². The molecule has 0 aliphatic carbocycles. The summed E-state index contributed by atoms with van der Waals surface area (Å²) in [5.41, 5.74) is 6.00. The van der Waals surface area contributed by atoms with Crippen molar-refractivity contribution in [3.63, 3.8) is 0 Å². The van der Waals surface area contributed by atoms with Gasteiger partial charge in [0.15, 0.2) is 9.84 Å². The Labute approximate surface area is 118 Å². The number of nitrogens with one attached hydrogen (secondary N) is 1. The molecule has 106 valence electrons. The summed E-state index contributed by atoms with van der Waals surface area (Å²) in [6, 6.07) is 4.26. The van der Waals surface area contributed by atoms with Crippen LogP contribution in [0.25, 0.3) is 0 Å². The van der Waals surface area contributed by atoms with Gasteiger partial charge in [-0.05, 0) is 25.1 Å². The Morgan fingerprint density at radius 1 is 1.47 bits per heavy atom. The van der Waals surface area contributed by atoms with E-state index in [1.165, 1.54) is 12.1 Å². The fourth-order valence-corrected chi connectivity index (χ4v) is 2.85. The van der Waals surface area contributed by atoms with Gasteiger partial charge in [-0.2, -0.15) is 0 Å². The molecular formula is C12H17ClN2O3S. The maximum absolute atomic E-state index is 11.5. The van der Waals surface area contributed by atoms with Crippen molar-refractivity contribution in [2.75, 3.05) is 16.8 Å². The molecule has 0 aliphatic heterocycles. The lowest BCUT2D eigenvalue weighted by atomic mass is 10.2. The number of hydrogen-bond acceptors (Lipinski definition) is 4. The van der Waals surface area contributed by atoms with Crippen molar-refractivity contribution in [3.05, 3.63) is 28.8 Å². The van der Waals surface area contributed by atoms with Crippen LogP contribution in [-0.2, 0) is 9.84 Å². The molecule has 3 N–H and O–H groups in total. The molecule has 1 rings (SSSR count). The van der Waals surface area contributed by atoms with Crippen LogP contribution in [0.4, 0.5) is 5.69 Å². The highest BCUT2D eigenvalue weighted by molar-refractivity contribution is 7.91. The first-order chi connectivity index (χ1) is 8.75. The van der Waals surface area contributed by atoms with E-state index in [-0.39, 0.29) is 17.5 Å². The fourth-order valence-electron chi connectivity index (χ4n) is 1.60. The van der Waals surface area contributed by atoms with Crippen LogP contribution in [0.1, 0.15) is 24.2 Å². The van der Waals surface area contributed by atoms with E-state index in [0.717, 1.165) is 0 Å². The molecule has 19 heavy (non-hydrogen) atoms. The number of rotatable bonds is 6. The maximum atomic E-state index is 11.5. The number of anilines is 1. The minimum Gasteiger partial charge on any atom is -0.380 e. The summed E-state index contributed by atoms with van der Waals surface area (Å²) in [5.74, 6) is -0.470. The van der Waals surface area contributed by atoms with E-state index in [1.807, 2.05) is 0 Å². The molecular weight excluding hydrogens is 288 g/mol. The summed E-state index contributed by atoms with van der Waals surface area (Å²) >= 11 is 5.99. The molecule has 5 nitrogen and oxygen atoms in total. The van der Waals surface area contributed by atoms with E-state index >= 15 is 0 Å². The van der Waals surface area contributed by atoms with E-state index in [1.54, 1.807) is 19.9 Å². The number of carbonyl (C=O) groups is 1. The fraction of sp³-hybridized carbons (Fsp3) is 0.417. The molecule has 0 bridgehead atoms. The highest BCUT2D eigenvalue weighted by Crippen LogP contribution is 2.23. The van der Waals surface area contributed by atoms with E-state index < -0.39 is 15.7 Å². The van der Waals surface area contributed by atoms with Crippen LogP contribution in [-0.4, -0.2) is 31.9 Å². The number of sulfone groups is 1. The molecule has 0 heterocycles. The lowest BCUT2D eigenvalue weighted by Gasteiger charge is -2.16. The van der Waals surface area contributed by atoms with Crippen LogP contribution in [0.3, 0.4) is 0 Å². The molecule has 1 aromatic rings. The number of benzene rings is 1. The van der Waals surface area contributed by atoms with Crippen LogP contribution in [0, 0.1) is 0 Å². The molecule has 0 saturated carbocycles. The van der Waals surface area contributed by atoms with Crippen molar-refractivity contribution in [1.82, 2.24) is 0 Å². The smallest absolute Gasteiger partial charge is 0.248 e. The summed E-state index contributed by atoms with van der Waals surface area (Å²) in [7, 11) is -3.08. The van der Waals surface area contributed by atoms with Gasteiger partial charge in [0.25, 0.3) is 0 Å². The second kappa shape index (κ2) is 6.25. The number of nitrogens with two attached hydrogens (primary N) is 1. The monoisotopic (exact) mass is 304 g/mol. The summed E-state index contributed by atoms with van der Waals surface area (Å²) in [5, 5.41) is 3.39. The average Bonchev–Trinajstić information content (AvgIpc) is 2.31. The minimum absolute atomic E-state index is 0.000623. The first kappa shape index (κ1) is 15.8. The molecule has 0 aromatic heterocycles. The van der Waals surface area contributed by atoms with Gasteiger partial charge in [-0.3, -0.25) is 4.79 Å². The van der Waals surface area contributed by atoms with Crippen LogP contribution >= 0.6 is 11.6 Å². The average molecular weight is 305 g/mol. The molecule has 0 aliphatic rings. The van der Waals surface area contributed by atoms with Crippen molar-refractivity contribution < 1.29 is 13.2 Å². The summed E-state index contributed by atoms with van der Waals surface area (Å²) in [6.07, 6.45) is 0. The van der Waals surface area contributed by atoms with Crippen LogP contribution in [0.2, 0.25) is 5.02 Å². The minimum atomic E-state index is -3.08. The van der Waals surface area contributed by atoms with Crippen molar-refractivity contribution in [2.45, 2.75) is 19.9 Å². The predicted molar refractivity (Wildman–Crippen MR) is 77.4 cm³/mol. The lowest BCUT2D eigenvalue weighted by Crippen LogP contribution is -2.27. The number of hydrogen-bond donors (Lipinski definition) is 2. The van der Waals surface area contributed by atoms with Crippen LogP contribution < -0.4 is 11.1 Å². The zero-order valence-electron chi connectivity index (χ0n) is 10.8. The van der Waals surface area contributed by atoms with E-state index in [0.29, 0.717) is 16.3 Å². The molecule has 1 atom stereocenters. The van der Waals surface area contributed by atoms with E-state index in [4.69, 9.17) is 17.3 Å². The Balaban J connectivity index is 2.87.